The molecule has 2 aliphatic carbocycles. The van der Waals surface area contributed by atoms with Gasteiger partial charge in [-0.15, -0.1) is 0 Å². The summed E-state index contributed by atoms with van der Waals surface area (Å²) >= 11 is 0. The molecule has 4 fully saturated rings. The number of nitrogens with zero attached hydrogens (tertiary/aromatic N) is 2. The Labute approximate surface area is 163 Å². The molecule has 0 aromatic rings. The maximum atomic E-state index is 2.81. The van der Waals surface area contributed by atoms with Gasteiger partial charge in [-0.05, 0) is 113 Å². The third-order valence-electron chi connectivity index (χ3n) is 8.93. The van der Waals surface area contributed by atoms with E-state index in [1.165, 1.54) is 45.6 Å². The van der Waals surface area contributed by atoms with E-state index in [0.29, 0.717) is 0 Å². The predicted molar refractivity (Wildman–Crippen MR) is 111 cm³/mol. The highest BCUT2D eigenvalue weighted by atomic mass is 15.2. The number of rotatable bonds is 5. The van der Waals surface area contributed by atoms with Crippen LogP contribution in [0.4, 0.5) is 0 Å². The van der Waals surface area contributed by atoms with Crippen LogP contribution in [-0.2, 0) is 0 Å². The van der Waals surface area contributed by atoms with E-state index in [1.54, 1.807) is 38.5 Å². The van der Waals surface area contributed by atoms with Gasteiger partial charge >= 0.3 is 0 Å². The van der Waals surface area contributed by atoms with Gasteiger partial charge < -0.3 is 9.80 Å². The van der Waals surface area contributed by atoms with Crippen LogP contribution in [0.1, 0.15) is 79.1 Å². The summed E-state index contributed by atoms with van der Waals surface area (Å²) in [4.78, 5) is 5.48. The number of hydrogen-bond donors (Lipinski definition) is 0. The standard InChI is InChI=1S/C24H44N2/c1-18(2)22-13-23(14-22)21-5-9-24(10-6-21)16-25(17-24)15-20-7-11-26(12-8-20)19(3)4/h18-23H,5-17H2,1-4H3. The largest absolute Gasteiger partial charge is 0.302 e. The van der Waals surface area contributed by atoms with Crippen molar-refractivity contribution in [3.8, 4) is 0 Å². The Hall–Kier alpha value is -0.0800. The molecule has 4 aliphatic rings. The molecule has 150 valence electrons. The van der Waals surface area contributed by atoms with Crippen LogP contribution in [0, 0.1) is 35.0 Å². The average Bonchev–Trinajstić information content (AvgIpc) is 2.54. The van der Waals surface area contributed by atoms with Crippen molar-refractivity contribution < 1.29 is 0 Å². The van der Waals surface area contributed by atoms with E-state index >= 15 is 0 Å². The number of likely N-dealkylation sites (tertiary alicyclic amines) is 2. The van der Waals surface area contributed by atoms with Crippen molar-refractivity contribution in [2.45, 2.75) is 85.1 Å². The molecule has 0 aromatic carbocycles. The molecule has 4 rings (SSSR count). The van der Waals surface area contributed by atoms with Crippen molar-refractivity contribution in [1.29, 1.82) is 0 Å². The average molecular weight is 361 g/mol. The number of piperidine rings is 1. The fourth-order valence-corrected chi connectivity index (χ4v) is 6.73. The Morgan fingerprint density at radius 3 is 2.00 bits per heavy atom. The quantitative estimate of drug-likeness (QED) is 0.658. The second-order valence-electron chi connectivity index (χ2n) is 11.3. The van der Waals surface area contributed by atoms with Gasteiger partial charge in [0.15, 0.2) is 0 Å². The van der Waals surface area contributed by atoms with Crippen LogP contribution in [0.5, 0.6) is 0 Å². The van der Waals surface area contributed by atoms with Crippen molar-refractivity contribution in [1.82, 2.24) is 9.80 Å². The van der Waals surface area contributed by atoms with Crippen LogP contribution in [0.25, 0.3) is 0 Å². The Kier molecular flexibility index (Phi) is 5.73. The Balaban J connectivity index is 1.14. The Bertz CT molecular complexity index is 441. The molecule has 2 saturated carbocycles. The highest BCUT2D eigenvalue weighted by Gasteiger charge is 2.47. The molecular weight excluding hydrogens is 316 g/mol. The molecule has 0 bridgehead atoms. The van der Waals surface area contributed by atoms with Gasteiger partial charge in [0, 0.05) is 25.7 Å². The van der Waals surface area contributed by atoms with Crippen molar-refractivity contribution in [2.24, 2.45) is 35.0 Å². The molecule has 2 aliphatic heterocycles. The third kappa shape index (κ3) is 4.02. The molecular formula is C24H44N2. The topological polar surface area (TPSA) is 6.48 Å². The first-order valence-electron chi connectivity index (χ1n) is 11.9. The predicted octanol–water partition coefficient (Wildman–Crippen LogP) is 5.28. The first kappa shape index (κ1) is 19.2. The van der Waals surface area contributed by atoms with Gasteiger partial charge in [-0.1, -0.05) is 13.8 Å². The lowest BCUT2D eigenvalue weighted by molar-refractivity contribution is -0.0638. The highest BCUT2D eigenvalue weighted by molar-refractivity contribution is 5.00. The van der Waals surface area contributed by atoms with Crippen molar-refractivity contribution >= 4 is 0 Å². The Morgan fingerprint density at radius 1 is 0.846 bits per heavy atom. The smallest absolute Gasteiger partial charge is 0.00506 e. The van der Waals surface area contributed by atoms with Crippen molar-refractivity contribution in [3.63, 3.8) is 0 Å². The summed E-state index contributed by atoms with van der Waals surface area (Å²) < 4.78 is 0. The fraction of sp³-hybridized carbons (Fsp3) is 1.00. The molecule has 1 spiro atoms. The molecule has 26 heavy (non-hydrogen) atoms. The van der Waals surface area contributed by atoms with E-state index < -0.39 is 0 Å². The third-order valence-corrected chi connectivity index (χ3v) is 8.93. The second kappa shape index (κ2) is 7.74. The van der Waals surface area contributed by atoms with Crippen LogP contribution in [0.3, 0.4) is 0 Å². The van der Waals surface area contributed by atoms with Crippen LogP contribution in [0.15, 0.2) is 0 Å². The van der Waals surface area contributed by atoms with E-state index in [2.05, 4.69) is 37.5 Å². The zero-order valence-electron chi connectivity index (χ0n) is 18.1. The molecule has 2 saturated heterocycles. The molecule has 0 atom stereocenters. The van der Waals surface area contributed by atoms with Crippen LogP contribution < -0.4 is 0 Å². The summed E-state index contributed by atoms with van der Waals surface area (Å²) in [6, 6.07) is 0.741. The molecule has 0 amide bonds. The first-order chi connectivity index (χ1) is 12.4. The molecule has 2 nitrogen and oxygen atoms in total. The van der Waals surface area contributed by atoms with E-state index in [-0.39, 0.29) is 0 Å². The van der Waals surface area contributed by atoms with Crippen LogP contribution in [-0.4, -0.2) is 48.6 Å². The van der Waals surface area contributed by atoms with Gasteiger partial charge in [0.2, 0.25) is 0 Å². The van der Waals surface area contributed by atoms with E-state index in [4.69, 9.17) is 0 Å². The molecule has 0 N–H and O–H groups in total. The molecule has 2 heterocycles. The van der Waals surface area contributed by atoms with Crippen molar-refractivity contribution in [3.05, 3.63) is 0 Å². The highest BCUT2D eigenvalue weighted by Crippen LogP contribution is 2.52. The minimum absolute atomic E-state index is 0.741. The summed E-state index contributed by atoms with van der Waals surface area (Å²) in [5, 5.41) is 0. The maximum Gasteiger partial charge on any atom is 0.00506 e. The molecule has 0 aromatic heterocycles. The molecule has 2 heteroatoms. The summed E-state index contributed by atoms with van der Waals surface area (Å²) in [6.45, 7) is 16.5. The van der Waals surface area contributed by atoms with E-state index in [1.807, 2.05) is 0 Å². The van der Waals surface area contributed by atoms with E-state index in [0.717, 1.165) is 41.0 Å². The monoisotopic (exact) mass is 360 g/mol. The summed E-state index contributed by atoms with van der Waals surface area (Å²) in [6.07, 6.45) is 12.2. The zero-order chi connectivity index (χ0) is 18.3. The lowest BCUT2D eigenvalue weighted by atomic mass is 9.57. The normalized spacial score (nSPS) is 34.4. The van der Waals surface area contributed by atoms with Gasteiger partial charge in [-0.2, -0.15) is 0 Å². The minimum atomic E-state index is 0.741. The zero-order valence-corrected chi connectivity index (χ0v) is 18.1. The molecule has 0 radical (unpaired) electrons. The lowest BCUT2D eigenvalue weighted by Gasteiger charge is -2.56. The summed E-state index contributed by atoms with van der Waals surface area (Å²) in [5.41, 5.74) is 0.746. The van der Waals surface area contributed by atoms with Gasteiger partial charge in [-0.3, -0.25) is 0 Å². The van der Waals surface area contributed by atoms with Gasteiger partial charge in [-0.25, -0.2) is 0 Å². The lowest BCUT2D eigenvalue weighted by Crippen LogP contribution is -2.59. The van der Waals surface area contributed by atoms with Crippen LogP contribution in [0.2, 0.25) is 0 Å². The second-order valence-corrected chi connectivity index (χ2v) is 11.3. The fourth-order valence-electron chi connectivity index (χ4n) is 6.73. The number of hydrogen-bond acceptors (Lipinski definition) is 2. The van der Waals surface area contributed by atoms with E-state index in [9.17, 15) is 0 Å². The SMILES string of the molecule is CC(C)C1CC(C2CCC3(CC2)CN(CC2CCN(C(C)C)CC2)C3)C1. The summed E-state index contributed by atoms with van der Waals surface area (Å²) in [7, 11) is 0. The van der Waals surface area contributed by atoms with Gasteiger partial charge in [0.1, 0.15) is 0 Å². The Morgan fingerprint density at radius 2 is 1.46 bits per heavy atom. The first-order valence-corrected chi connectivity index (χ1v) is 11.9. The minimum Gasteiger partial charge on any atom is -0.302 e. The van der Waals surface area contributed by atoms with Crippen LogP contribution >= 0.6 is 0 Å². The van der Waals surface area contributed by atoms with Gasteiger partial charge in [0.05, 0.1) is 0 Å². The summed E-state index contributed by atoms with van der Waals surface area (Å²) in [5.74, 6) is 5.14. The van der Waals surface area contributed by atoms with Gasteiger partial charge in [0.25, 0.3) is 0 Å². The maximum absolute atomic E-state index is 2.81. The van der Waals surface area contributed by atoms with Crippen molar-refractivity contribution in [2.75, 3.05) is 32.7 Å². The molecule has 0 unspecified atom stereocenters.